The fourth-order valence-corrected chi connectivity index (χ4v) is 3.07. The van der Waals surface area contributed by atoms with Crippen LogP contribution in [0.15, 0.2) is 0 Å². The molecular weight excluding hydrogens is 260 g/mol. The van der Waals surface area contributed by atoms with Gasteiger partial charge in [-0.3, -0.25) is 4.79 Å². The Morgan fingerprint density at radius 2 is 2.20 bits per heavy atom. The van der Waals surface area contributed by atoms with Gasteiger partial charge in [-0.15, -0.1) is 0 Å². The molecule has 2 unspecified atom stereocenters. The standard InChI is InChI=1S/C14H24N2O4/c1-2-12-10(5-7-20-12)8-15-14(19)16-6-3-4-11(9-16)13(17)18/h10-12H,2-9H2,1H3,(H,15,19)(H,17,18)/t10?,11-,12?/m0/s1. The number of carbonyl (C=O) groups is 2. The fraction of sp³-hybridized carbons (Fsp3) is 0.857. The first-order valence-corrected chi connectivity index (χ1v) is 7.49. The van der Waals surface area contributed by atoms with E-state index in [1.807, 2.05) is 0 Å². The van der Waals surface area contributed by atoms with Gasteiger partial charge in [0.1, 0.15) is 0 Å². The van der Waals surface area contributed by atoms with E-state index in [2.05, 4.69) is 12.2 Å². The zero-order valence-electron chi connectivity index (χ0n) is 12.0. The molecule has 0 aliphatic carbocycles. The summed E-state index contributed by atoms with van der Waals surface area (Å²) in [7, 11) is 0. The fourth-order valence-electron chi connectivity index (χ4n) is 3.07. The molecule has 2 aliphatic heterocycles. The molecule has 0 spiro atoms. The molecule has 0 aromatic heterocycles. The second kappa shape index (κ2) is 6.92. The van der Waals surface area contributed by atoms with Crippen molar-refractivity contribution in [1.29, 1.82) is 0 Å². The third-order valence-corrected chi connectivity index (χ3v) is 4.32. The molecule has 0 saturated carbocycles. The molecule has 2 rings (SSSR count). The summed E-state index contributed by atoms with van der Waals surface area (Å²) < 4.78 is 5.60. The highest BCUT2D eigenvalue weighted by molar-refractivity contribution is 5.76. The number of nitrogens with one attached hydrogen (secondary N) is 1. The molecule has 3 atom stereocenters. The summed E-state index contributed by atoms with van der Waals surface area (Å²) >= 11 is 0. The summed E-state index contributed by atoms with van der Waals surface area (Å²) in [6, 6.07) is -0.141. The Balaban J connectivity index is 1.78. The van der Waals surface area contributed by atoms with Gasteiger partial charge in [-0.25, -0.2) is 4.79 Å². The topological polar surface area (TPSA) is 78.9 Å². The van der Waals surface area contributed by atoms with Crippen LogP contribution in [0.1, 0.15) is 32.6 Å². The lowest BCUT2D eigenvalue weighted by molar-refractivity contribution is -0.143. The Labute approximate surface area is 119 Å². The maximum Gasteiger partial charge on any atom is 0.317 e. The summed E-state index contributed by atoms with van der Waals surface area (Å²) in [5.41, 5.74) is 0. The van der Waals surface area contributed by atoms with Crippen LogP contribution in [0.2, 0.25) is 0 Å². The summed E-state index contributed by atoms with van der Waals surface area (Å²) in [5.74, 6) is -0.852. The minimum atomic E-state index is -0.808. The molecule has 0 aromatic rings. The maximum absolute atomic E-state index is 12.1. The van der Waals surface area contributed by atoms with Crippen LogP contribution in [-0.2, 0) is 9.53 Å². The summed E-state index contributed by atoms with van der Waals surface area (Å²) in [6.45, 7) is 4.44. The SMILES string of the molecule is CCC1OCCC1CNC(=O)N1CCC[C@H](C(=O)O)C1. The van der Waals surface area contributed by atoms with Crippen molar-refractivity contribution in [3.8, 4) is 0 Å². The van der Waals surface area contributed by atoms with Crippen molar-refractivity contribution in [2.75, 3.05) is 26.2 Å². The van der Waals surface area contributed by atoms with Crippen LogP contribution in [0, 0.1) is 11.8 Å². The van der Waals surface area contributed by atoms with Crippen LogP contribution in [-0.4, -0.2) is 54.4 Å². The van der Waals surface area contributed by atoms with E-state index in [0.717, 1.165) is 25.9 Å². The summed E-state index contributed by atoms with van der Waals surface area (Å²) in [5, 5.41) is 12.0. The van der Waals surface area contributed by atoms with Crippen molar-refractivity contribution in [3.63, 3.8) is 0 Å². The summed E-state index contributed by atoms with van der Waals surface area (Å²) in [6.07, 6.45) is 3.60. The first kappa shape index (κ1) is 15.1. The van der Waals surface area contributed by atoms with Crippen molar-refractivity contribution < 1.29 is 19.4 Å². The number of carboxylic acids is 1. The summed E-state index contributed by atoms with van der Waals surface area (Å²) in [4.78, 5) is 24.7. The Kier molecular flexibility index (Phi) is 5.23. The van der Waals surface area contributed by atoms with Gasteiger partial charge >= 0.3 is 12.0 Å². The van der Waals surface area contributed by atoms with Gasteiger partial charge in [0, 0.05) is 32.2 Å². The number of piperidine rings is 1. The smallest absolute Gasteiger partial charge is 0.317 e. The highest BCUT2D eigenvalue weighted by Crippen LogP contribution is 2.23. The number of aliphatic carboxylic acids is 1. The average Bonchev–Trinajstić information content (AvgIpc) is 2.92. The zero-order chi connectivity index (χ0) is 14.5. The molecule has 2 heterocycles. The van der Waals surface area contributed by atoms with Crippen LogP contribution in [0.25, 0.3) is 0 Å². The van der Waals surface area contributed by atoms with Gasteiger partial charge in [0.15, 0.2) is 0 Å². The van der Waals surface area contributed by atoms with Gasteiger partial charge in [-0.2, -0.15) is 0 Å². The van der Waals surface area contributed by atoms with Crippen molar-refractivity contribution >= 4 is 12.0 Å². The third-order valence-electron chi connectivity index (χ3n) is 4.32. The van der Waals surface area contributed by atoms with Crippen LogP contribution < -0.4 is 5.32 Å². The molecule has 0 aromatic carbocycles. The molecule has 2 aliphatic rings. The number of hydrogen-bond donors (Lipinski definition) is 2. The highest BCUT2D eigenvalue weighted by Gasteiger charge is 2.30. The molecule has 6 heteroatoms. The molecular formula is C14H24N2O4. The van der Waals surface area contributed by atoms with Crippen molar-refractivity contribution in [2.45, 2.75) is 38.7 Å². The lowest BCUT2D eigenvalue weighted by atomic mass is 9.98. The van der Waals surface area contributed by atoms with Crippen LogP contribution in [0.4, 0.5) is 4.79 Å². The average molecular weight is 284 g/mol. The molecule has 2 fully saturated rings. The Hall–Kier alpha value is -1.30. The van der Waals surface area contributed by atoms with Crippen LogP contribution >= 0.6 is 0 Å². The van der Waals surface area contributed by atoms with E-state index in [4.69, 9.17) is 9.84 Å². The highest BCUT2D eigenvalue weighted by atomic mass is 16.5. The van der Waals surface area contributed by atoms with Crippen LogP contribution in [0.5, 0.6) is 0 Å². The van der Waals surface area contributed by atoms with E-state index in [1.54, 1.807) is 4.90 Å². The minimum absolute atomic E-state index is 0.141. The van der Waals surface area contributed by atoms with E-state index < -0.39 is 11.9 Å². The molecule has 2 saturated heterocycles. The first-order valence-electron chi connectivity index (χ1n) is 7.49. The van der Waals surface area contributed by atoms with Gasteiger partial charge in [0.05, 0.1) is 12.0 Å². The maximum atomic E-state index is 12.1. The number of hydrogen-bond acceptors (Lipinski definition) is 3. The van der Waals surface area contributed by atoms with Crippen molar-refractivity contribution in [1.82, 2.24) is 10.2 Å². The molecule has 0 radical (unpaired) electrons. The molecule has 20 heavy (non-hydrogen) atoms. The normalized spacial score (nSPS) is 30.2. The Morgan fingerprint density at radius 1 is 1.40 bits per heavy atom. The number of likely N-dealkylation sites (tertiary alicyclic amines) is 1. The zero-order valence-corrected chi connectivity index (χ0v) is 12.0. The number of carboxylic acid groups (broad SMARTS) is 1. The second-order valence-corrected chi connectivity index (χ2v) is 5.68. The number of amides is 2. The Morgan fingerprint density at radius 3 is 2.90 bits per heavy atom. The lowest BCUT2D eigenvalue weighted by Gasteiger charge is -2.31. The number of nitrogens with zero attached hydrogens (tertiary/aromatic N) is 1. The van der Waals surface area contributed by atoms with Gasteiger partial charge < -0.3 is 20.1 Å². The number of ether oxygens (including phenoxy) is 1. The van der Waals surface area contributed by atoms with E-state index in [9.17, 15) is 9.59 Å². The monoisotopic (exact) mass is 284 g/mol. The molecule has 2 amide bonds. The van der Waals surface area contributed by atoms with Crippen LogP contribution in [0.3, 0.4) is 0 Å². The molecule has 2 N–H and O–H groups in total. The van der Waals surface area contributed by atoms with Crippen molar-refractivity contribution in [2.24, 2.45) is 11.8 Å². The van der Waals surface area contributed by atoms with E-state index >= 15 is 0 Å². The third kappa shape index (κ3) is 3.62. The van der Waals surface area contributed by atoms with Gasteiger partial charge in [0.2, 0.25) is 0 Å². The molecule has 0 bridgehead atoms. The second-order valence-electron chi connectivity index (χ2n) is 5.68. The minimum Gasteiger partial charge on any atom is -0.481 e. The quantitative estimate of drug-likeness (QED) is 0.816. The predicted octanol–water partition coefficient (Wildman–Crippen LogP) is 1.31. The number of carbonyl (C=O) groups excluding carboxylic acids is 1. The molecule has 6 nitrogen and oxygen atoms in total. The van der Waals surface area contributed by atoms with Gasteiger partial charge in [-0.1, -0.05) is 6.92 Å². The molecule has 114 valence electrons. The predicted molar refractivity (Wildman–Crippen MR) is 73.5 cm³/mol. The first-order chi connectivity index (χ1) is 9.61. The lowest BCUT2D eigenvalue weighted by Crippen LogP contribution is -2.48. The van der Waals surface area contributed by atoms with E-state index in [1.165, 1.54) is 0 Å². The Bertz CT molecular complexity index is 361. The number of rotatable bonds is 4. The van der Waals surface area contributed by atoms with Gasteiger partial charge in [-0.05, 0) is 25.7 Å². The van der Waals surface area contributed by atoms with Gasteiger partial charge in [0.25, 0.3) is 0 Å². The number of urea groups is 1. The van der Waals surface area contributed by atoms with Crippen molar-refractivity contribution in [3.05, 3.63) is 0 Å². The van der Waals surface area contributed by atoms with E-state index in [-0.39, 0.29) is 12.1 Å². The van der Waals surface area contributed by atoms with E-state index in [0.29, 0.717) is 32.0 Å². The largest absolute Gasteiger partial charge is 0.481 e.